The molecular formula is C7H4ClF3INO. The second-order valence-electron chi connectivity index (χ2n) is 2.42. The highest BCUT2D eigenvalue weighted by Gasteiger charge is 2.42. The summed E-state index contributed by atoms with van der Waals surface area (Å²) in [4.78, 5) is 3.54. The van der Waals surface area contributed by atoms with Crippen LogP contribution in [0.4, 0.5) is 13.2 Å². The fourth-order valence-corrected chi connectivity index (χ4v) is 1.53. The highest BCUT2D eigenvalue weighted by molar-refractivity contribution is 14.1. The van der Waals surface area contributed by atoms with Crippen LogP contribution in [0.1, 0.15) is 11.7 Å². The van der Waals surface area contributed by atoms with Crippen LogP contribution in [-0.2, 0) is 3.07 Å². The largest absolute Gasteiger partial charge is 0.419 e. The Morgan fingerprint density at radius 3 is 2.43 bits per heavy atom. The fraction of sp³-hybridized carbons (Fsp3) is 0.286. The van der Waals surface area contributed by atoms with E-state index in [0.717, 1.165) is 6.20 Å². The van der Waals surface area contributed by atoms with Crippen molar-refractivity contribution in [3.8, 4) is 0 Å². The lowest BCUT2D eigenvalue weighted by molar-refractivity contribution is -0.189. The van der Waals surface area contributed by atoms with Gasteiger partial charge in [-0.05, 0) is 6.07 Å². The predicted molar refractivity (Wildman–Crippen MR) is 53.1 cm³/mol. The van der Waals surface area contributed by atoms with Crippen molar-refractivity contribution in [3.05, 3.63) is 29.0 Å². The van der Waals surface area contributed by atoms with E-state index in [-0.39, 0.29) is 10.7 Å². The van der Waals surface area contributed by atoms with Crippen molar-refractivity contribution in [3.63, 3.8) is 0 Å². The highest BCUT2D eigenvalue weighted by atomic mass is 127. The zero-order chi connectivity index (χ0) is 10.8. The molecule has 78 valence electrons. The lowest BCUT2D eigenvalue weighted by Crippen LogP contribution is -2.20. The van der Waals surface area contributed by atoms with Gasteiger partial charge in [0.2, 0.25) is 0 Å². The molecule has 0 aliphatic carbocycles. The molecule has 1 heterocycles. The summed E-state index contributed by atoms with van der Waals surface area (Å²) in [5.74, 6) is 0. The van der Waals surface area contributed by atoms with Gasteiger partial charge >= 0.3 is 6.18 Å². The van der Waals surface area contributed by atoms with Crippen molar-refractivity contribution in [2.24, 2.45) is 0 Å². The van der Waals surface area contributed by atoms with Crippen LogP contribution in [0.25, 0.3) is 0 Å². The van der Waals surface area contributed by atoms with E-state index < -0.39 is 12.3 Å². The molecule has 0 saturated heterocycles. The Labute approximate surface area is 97.1 Å². The normalized spacial score (nSPS) is 14.1. The maximum Gasteiger partial charge on any atom is 0.419 e. The summed E-state index contributed by atoms with van der Waals surface area (Å²) >= 11 is 6.64. The second-order valence-corrected chi connectivity index (χ2v) is 3.32. The molecule has 1 atom stereocenters. The van der Waals surface area contributed by atoms with Crippen LogP contribution in [0, 0.1) is 0 Å². The van der Waals surface area contributed by atoms with Crippen LogP contribution in [0.15, 0.2) is 18.3 Å². The van der Waals surface area contributed by atoms with E-state index in [4.69, 9.17) is 11.6 Å². The van der Waals surface area contributed by atoms with Crippen LogP contribution in [0.3, 0.4) is 0 Å². The molecule has 1 rings (SSSR count). The van der Waals surface area contributed by atoms with Gasteiger partial charge in [0.05, 0.1) is 0 Å². The molecule has 0 spiro atoms. The molecule has 0 aliphatic heterocycles. The van der Waals surface area contributed by atoms with E-state index in [0.29, 0.717) is 0 Å². The molecule has 2 nitrogen and oxygen atoms in total. The molecule has 0 aromatic carbocycles. The van der Waals surface area contributed by atoms with E-state index in [1.807, 2.05) is 0 Å². The standard InChI is InChI=1S/C7H4ClF3INO/c8-5-2-1-4(3-13-5)6(14-12)7(9,10)11/h1-3,6H. The monoisotopic (exact) mass is 337 g/mol. The summed E-state index contributed by atoms with van der Waals surface area (Å²) in [6.07, 6.45) is -5.37. The van der Waals surface area contributed by atoms with Gasteiger partial charge in [0, 0.05) is 11.8 Å². The average molecular weight is 337 g/mol. The lowest BCUT2D eigenvalue weighted by Gasteiger charge is -2.16. The molecule has 0 N–H and O–H groups in total. The third-order valence-electron chi connectivity index (χ3n) is 1.44. The van der Waals surface area contributed by atoms with Crippen LogP contribution in [-0.4, -0.2) is 11.2 Å². The number of pyridine rings is 1. The Morgan fingerprint density at radius 2 is 2.07 bits per heavy atom. The van der Waals surface area contributed by atoms with E-state index in [1.165, 1.54) is 35.1 Å². The van der Waals surface area contributed by atoms with Gasteiger partial charge < -0.3 is 0 Å². The first-order valence-electron chi connectivity index (χ1n) is 3.40. The quantitative estimate of drug-likeness (QED) is 0.606. The SMILES string of the molecule is FC(F)(F)C(OI)c1ccc(Cl)nc1. The Morgan fingerprint density at radius 1 is 1.43 bits per heavy atom. The molecule has 0 aliphatic rings. The molecule has 0 amide bonds. The van der Waals surface area contributed by atoms with Crippen LogP contribution >= 0.6 is 34.6 Å². The topological polar surface area (TPSA) is 22.1 Å². The zero-order valence-corrected chi connectivity index (χ0v) is 9.47. The number of alkyl halides is 3. The number of hydrogen-bond donors (Lipinski definition) is 0. The Kier molecular flexibility index (Phi) is 3.96. The number of rotatable bonds is 2. The van der Waals surface area contributed by atoms with Crippen LogP contribution in [0.2, 0.25) is 5.15 Å². The third-order valence-corrected chi connectivity index (χ3v) is 2.17. The zero-order valence-electron chi connectivity index (χ0n) is 6.55. The van der Waals surface area contributed by atoms with Gasteiger partial charge in [0.25, 0.3) is 0 Å². The Bertz CT molecular complexity index is 303. The van der Waals surface area contributed by atoms with Crippen LogP contribution < -0.4 is 0 Å². The van der Waals surface area contributed by atoms with Gasteiger partial charge in [-0.3, -0.25) is 3.07 Å². The van der Waals surface area contributed by atoms with Crippen molar-refractivity contribution in [1.29, 1.82) is 0 Å². The summed E-state index contributed by atoms with van der Waals surface area (Å²) < 4.78 is 41.3. The Hall–Kier alpha value is -0.0800. The van der Waals surface area contributed by atoms with Gasteiger partial charge in [-0.2, -0.15) is 13.2 Å². The molecule has 0 fully saturated rings. The molecule has 1 aromatic heterocycles. The first-order chi connectivity index (χ1) is 6.45. The van der Waals surface area contributed by atoms with E-state index in [2.05, 4.69) is 8.05 Å². The van der Waals surface area contributed by atoms with Crippen LogP contribution in [0.5, 0.6) is 0 Å². The molecule has 7 heteroatoms. The fourth-order valence-electron chi connectivity index (χ4n) is 0.833. The molecular weight excluding hydrogens is 333 g/mol. The minimum Gasteiger partial charge on any atom is -0.298 e. The van der Waals surface area contributed by atoms with Crippen molar-refractivity contribution in [1.82, 2.24) is 4.98 Å². The second kappa shape index (κ2) is 4.63. The summed E-state index contributed by atoms with van der Waals surface area (Å²) in [7, 11) is 0. The summed E-state index contributed by atoms with van der Waals surface area (Å²) in [5, 5.41) is 0.142. The number of hydrogen-bond acceptors (Lipinski definition) is 2. The summed E-state index contributed by atoms with van der Waals surface area (Å²) in [5.41, 5.74) is -0.0729. The van der Waals surface area contributed by atoms with Crippen molar-refractivity contribution in [2.75, 3.05) is 0 Å². The van der Waals surface area contributed by atoms with Gasteiger partial charge in [-0.15, -0.1) is 0 Å². The first kappa shape index (κ1) is 12.0. The van der Waals surface area contributed by atoms with Gasteiger partial charge in [0.1, 0.15) is 28.2 Å². The highest BCUT2D eigenvalue weighted by Crippen LogP contribution is 2.37. The predicted octanol–water partition coefficient (Wildman–Crippen LogP) is 3.71. The molecule has 1 aromatic rings. The summed E-state index contributed by atoms with van der Waals surface area (Å²) in [6, 6.07) is 2.51. The van der Waals surface area contributed by atoms with E-state index >= 15 is 0 Å². The maximum absolute atomic E-state index is 12.3. The molecule has 1 unspecified atom stereocenters. The van der Waals surface area contributed by atoms with Gasteiger partial charge in [0.15, 0.2) is 6.10 Å². The summed E-state index contributed by atoms with van der Waals surface area (Å²) in [6.45, 7) is 0. The molecule has 14 heavy (non-hydrogen) atoms. The average Bonchev–Trinajstić information content (AvgIpc) is 2.07. The number of halogens is 5. The van der Waals surface area contributed by atoms with Crippen molar-refractivity contribution >= 4 is 34.6 Å². The van der Waals surface area contributed by atoms with E-state index in [1.54, 1.807) is 0 Å². The minimum absolute atomic E-state index is 0.0729. The molecule has 0 bridgehead atoms. The van der Waals surface area contributed by atoms with Gasteiger partial charge in [-0.1, -0.05) is 17.7 Å². The lowest BCUT2D eigenvalue weighted by atomic mass is 10.1. The smallest absolute Gasteiger partial charge is 0.298 e. The van der Waals surface area contributed by atoms with Gasteiger partial charge in [-0.25, -0.2) is 4.98 Å². The van der Waals surface area contributed by atoms with Crippen molar-refractivity contribution in [2.45, 2.75) is 12.3 Å². The van der Waals surface area contributed by atoms with Crippen molar-refractivity contribution < 1.29 is 16.2 Å². The number of aromatic nitrogens is 1. The number of nitrogens with zero attached hydrogens (tertiary/aromatic N) is 1. The van der Waals surface area contributed by atoms with E-state index in [9.17, 15) is 13.2 Å². The molecule has 0 saturated carbocycles. The third kappa shape index (κ3) is 2.96. The maximum atomic E-state index is 12.3. The first-order valence-corrected chi connectivity index (χ1v) is 4.66. The molecule has 0 radical (unpaired) electrons. The Balaban J connectivity index is 2.96. The minimum atomic E-state index is -4.45.